The fourth-order valence-electron chi connectivity index (χ4n) is 2.09. The minimum atomic E-state index is -3.49. The van der Waals surface area contributed by atoms with Crippen molar-refractivity contribution in [1.82, 2.24) is 14.3 Å². The third-order valence-electron chi connectivity index (χ3n) is 2.92. The number of piperidine rings is 1. The molecule has 0 radical (unpaired) electrons. The van der Waals surface area contributed by atoms with Crippen LogP contribution in [0.5, 0.6) is 0 Å². The molecule has 0 saturated carbocycles. The van der Waals surface area contributed by atoms with Gasteiger partial charge >= 0.3 is 0 Å². The van der Waals surface area contributed by atoms with Crippen molar-refractivity contribution in [3.63, 3.8) is 0 Å². The van der Waals surface area contributed by atoms with Crippen molar-refractivity contribution in [2.45, 2.75) is 32.7 Å². The Morgan fingerprint density at radius 3 is 2.65 bits per heavy atom. The molecule has 1 fully saturated rings. The molecule has 1 aliphatic heterocycles. The van der Waals surface area contributed by atoms with E-state index >= 15 is 0 Å². The van der Waals surface area contributed by atoms with Crippen molar-refractivity contribution in [2.75, 3.05) is 26.2 Å². The third-order valence-corrected chi connectivity index (χ3v) is 4.70. The van der Waals surface area contributed by atoms with Crippen LogP contribution in [0.4, 0.5) is 0 Å². The zero-order valence-electron chi connectivity index (χ0n) is 12.0. The van der Waals surface area contributed by atoms with E-state index in [0.717, 1.165) is 0 Å². The predicted octanol–water partition coefficient (Wildman–Crippen LogP) is -0.562. The predicted molar refractivity (Wildman–Crippen MR) is 80.8 cm³/mol. The van der Waals surface area contributed by atoms with Gasteiger partial charge < -0.3 is 11.1 Å². The lowest BCUT2D eigenvalue weighted by Gasteiger charge is -2.31. The van der Waals surface area contributed by atoms with Gasteiger partial charge in [-0.25, -0.2) is 0 Å². The first-order valence-corrected chi connectivity index (χ1v) is 8.06. The standard InChI is InChI=1S/C11H24N4O3S.ClH/c1-9(2)14-19(17,18)15-7-3-4-10(8-15)11(16)13-6-5-12;/h9-10,14H,3-8,12H2,1-2H3,(H,13,16);1H. The monoisotopic (exact) mass is 328 g/mol. The quantitative estimate of drug-likeness (QED) is 0.607. The number of halogens is 1. The second-order valence-corrected chi connectivity index (χ2v) is 6.76. The van der Waals surface area contributed by atoms with Crippen molar-refractivity contribution in [2.24, 2.45) is 11.7 Å². The van der Waals surface area contributed by atoms with E-state index in [0.29, 0.717) is 32.5 Å². The molecule has 1 rings (SSSR count). The molecule has 1 unspecified atom stereocenters. The third kappa shape index (κ3) is 5.92. The number of nitrogens with two attached hydrogens (primary N) is 1. The fourth-order valence-corrected chi connectivity index (χ4v) is 3.58. The van der Waals surface area contributed by atoms with Crippen molar-refractivity contribution >= 4 is 28.5 Å². The van der Waals surface area contributed by atoms with Crippen LogP contribution in [-0.2, 0) is 15.0 Å². The number of amides is 1. The molecular weight excluding hydrogens is 304 g/mol. The zero-order valence-corrected chi connectivity index (χ0v) is 13.6. The summed E-state index contributed by atoms with van der Waals surface area (Å²) in [5.74, 6) is -0.404. The first-order valence-electron chi connectivity index (χ1n) is 6.62. The van der Waals surface area contributed by atoms with Crippen molar-refractivity contribution in [1.29, 1.82) is 0 Å². The summed E-state index contributed by atoms with van der Waals surface area (Å²) < 4.78 is 28.0. The molecule has 0 aromatic rings. The molecule has 0 aromatic carbocycles. The van der Waals surface area contributed by atoms with Gasteiger partial charge in [0.15, 0.2) is 0 Å². The first-order chi connectivity index (χ1) is 8.86. The van der Waals surface area contributed by atoms with Gasteiger partial charge in [-0.3, -0.25) is 4.79 Å². The summed E-state index contributed by atoms with van der Waals surface area (Å²) >= 11 is 0. The Balaban J connectivity index is 0.00000361. The molecule has 1 heterocycles. The molecule has 4 N–H and O–H groups in total. The van der Waals surface area contributed by atoms with Gasteiger partial charge in [-0.05, 0) is 26.7 Å². The number of carbonyl (C=O) groups is 1. The number of nitrogens with zero attached hydrogens (tertiary/aromatic N) is 1. The number of carbonyl (C=O) groups excluding carboxylic acids is 1. The summed E-state index contributed by atoms with van der Waals surface area (Å²) in [6.07, 6.45) is 1.41. The number of rotatable bonds is 6. The van der Waals surface area contributed by atoms with Gasteiger partial charge in [-0.2, -0.15) is 17.4 Å². The highest BCUT2D eigenvalue weighted by Crippen LogP contribution is 2.18. The van der Waals surface area contributed by atoms with E-state index in [4.69, 9.17) is 5.73 Å². The zero-order chi connectivity index (χ0) is 14.5. The first kappa shape index (κ1) is 19.6. The van der Waals surface area contributed by atoms with Crippen LogP contribution in [-0.4, -0.2) is 50.9 Å². The average molecular weight is 329 g/mol. The van der Waals surface area contributed by atoms with Crippen LogP contribution in [0.1, 0.15) is 26.7 Å². The summed E-state index contributed by atoms with van der Waals surface area (Å²) in [6, 6.07) is -0.156. The summed E-state index contributed by atoms with van der Waals surface area (Å²) in [5, 5.41) is 2.71. The lowest BCUT2D eigenvalue weighted by Crippen LogP contribution is -2.50. The number of hydrogen-bond donors (Lipinski definition) is 3. The van der Waals surface area contributed by atoms with Crippen molar-refractivity contribution < 1.29 is 13.2 Å². The Kier molecular flexibility index (Phi) is 8.60. The van der Waals surface area contributed by atoms with Crippen LogP contribution in [0.25, 0.3) is 0 Å². The largest absolute Gasteiger partial charge is 0.355 e. The molecule has 1 amide bonds. The van der Waals surface area contributed by atoms with Gasteiger partial charge in [0.25, 0.3) is 10.2 Å². The molecule has 120 valence electrons. The number of nitrogens with one attached hydrogen (secondary N) is 2. The van der Waals surface area contributed by atoms with Gasteiger partial charge in [-0.15, -0.1) is 12.4 Å². The van der Waals surface area contributed by atoms with Gasteiger partial charge in [0.05, 0.1) is 5.92 Å². The molecule has 0 aliphatic carbocycles. The highest BCUT2D eigenvalue weighted by molar-refractivity contribution is 7.87. The molecule has 20 heavy (non-hydrogen) atoms. The van der Waals surface area contributed by atoms with Crippen molar-refractivity contribution in [3.8, 4) is 0 Å². The maximum Gasteiger partial charge on any atom is 0.279 e. The summed E-state index contributed by atoms with van der Waals surface area (Å²) in [4.78, 5) is 11.8. The lowest BCUT2D eigenvalue weighted by molar-refractivity contribution is -0.126. The molecular formula is C11H25ClN4O3S. The van der Waals surface area contributed by atoms with Gasteiger partial charge in [0, 0.05) is 32.2 Å². The molecule has 0 spiro atoms. The van der Waals surface area contributed by atoms with E-state index in [2.05, 4.69) is 10.0 Å². The molecule has 0 bridgehead atoms. The molecule has 9 heteroatoms. The molecule has 7 nitrogen and oxygen atoms in total. The maximum atomic E-state index is 12.0. The summed E-state index contributed by atoms with van der Waals surface area (Å²) in [7, 11) is -3.49. The maximum absolute atomic E-state index is 12.0. The lowest BCUT2D eigenvalue weighted by atomic mass is 9.99. The van der Waals surface area contributed by atoms with Crippen LogP contribution in [0.15, 0.2) is 0 Å². The Hall–Kier alpha value is -0.410. The average Bonchev–Trinajstić information content (AvgIpc) is 2.34. The Labute approximate surface area is 127 Å². The summed E-state index contributed by atoms with van der Waals surface area (Å²) in [6.45, 7) is 5.04. The molecule has 1 atom stereocenters. The van der Waals surface area contributed by atoms with Crippen LogP contribution in [0, 0.1) is 5.92 Å². The Morgan fingerprint density at radius 1 is 1.45 bits per heavy atom. The normalized spacial score (nSPS) is 20.5. The molecule has 0 aromatic heterocycles. The van der Waals surface area contributed by atoms with E-state index in [1.54, 1.807) is 13.8 Å². The highest BCUT2D eigenvalue weighted by atomic mass is 35.5. The Bertz CT molecular complexity index is 402. The van der Waals surface area contributed by atoms with Crippen LogP contribution >= 0.6 is 12.4 Å². The van der Waals surface area contributed by atoms with Crippen LogP contribution in [0.2, 0.25) is 0 Å². The van der Waals surface area contributed by atoms with Gasteiger partial charge in [0.1, 0.15) is 0 Å². The smallest absolute Gasteiger partial charge is 0.279 e. The minimum Gasteiger partial charge on any atom is -0.355 e. The van der Waals surface area contributed by atoms with Crippen LogP contribution in [0.3, 0.4) is 0 Å². The second-order valence-electron chi connectivity index (χ2n) is 5.05. The van der Waals surface area contributed by atoms with Crippen LogP contribution < -0.4 is 15.8 Å². The molecule has 1 saturated heterocycles. The van der Waals surface area contributed by atoms with E-state index in [-0.39, 0.29) is 36.8 Å². The topological polar surface area (TPSA) is 105 Å². The number of hydrogen-bond acceptors (Lipinski definition) is 4. The highest BCUT2D eigenvalue weighted by Gasteiger charge is 2.32. The van der Waals surface area contributed by atoms with Gasteiger partial charge in [-0.1, -0.05) is 0 Å². The van der Waals surface area contributed by atoms with E-state index < -0.39 is 10.2 Å². The Morgan fingerprint density at radius 2 is 2.10 bits per heavy atom. The minimum absolute atomic E-state index is 0. The fraction of sp³-hybridized carbons (Fsp3) is 0.909. The second kappa shape index (κ2) is 8.78. The van der Waals surface area contributed by atoms with Crippen molar-refractivity contribution in [3.05, 3.63) is 0 Å². The SMILES string of the molecule is CC(C)NS(=O)(=O)N1CCCC(C(=O)NCCN)C1.Cl. The van der Waals surface area contributed by atoms with E-state index in [1.807, 2.05) is 0 Å². The van der Waals surface area contributed by atoms with E-state index in [9.17, 15) is 13.2 Å². The molecule has 1 aliphatic rings. The summed E-state index contributed by atoms with van der Waals surface area (Å²) in [5.41, 5.74) is 5.33. The van der Waals surface area contributed by atoms with Gasteiger partial charge in [0.2, 0.25) is 5.91 Å². The van der Waals surface area contributed by atoms with E-state index in [1.165, 1.54) is 4.31 Å².